The molecule has 25 heavy (non-hydrogen) atoms. The summed E-state index contributed by atoms with van der Waals surface area (Å²) in [6.45, 7) is 4.26. The first kappa shape index (κ1) is 15.4. The molecule has 2 aliphatic carbocycles. The number of hydrogen-bond acceptors (Lipinski definition) is 5. The van der Waals surface area contributed by atoms with E-state index in [1.807, 2.05) is 0 Å². The van der Waals surface area contributed by atoms with E-state index in [-0.39, 0.29) is 30.9 Å². The molecule has 0 aromatic heterocycles. The number of ketones is 1. The van der Waals surface area contributed by atoms with Gasteiger partial charge in [-0.3, -0.25) is 4.79 Å². The van der Waals surface area contributed by atoms with Crippen molar-refractivity contribution in [3.05, 3.63) is 41.1 Å². The minimum Gasteiger partial charge on any atom is -0.632 e. The van der Waals surface area contributed by atoms with Crippen LogP contribution < -0.4 is 4.74 Å². The molecule has 1 saturated heterocycles. The molecule has 0 unspecified atom stereocenters. The maximum absolute atomic E-state index is 13.5. The molecule has 132 valence electrons. The molecule has 6 heteroatoms. The van der Waals surface area contributed by atoms with Crippen molar-refractivity contribution in [2.45, 2.75) is 48.8 Å². The van der Waals surface area contributed by atoms with Gasteiger partial charge in [-0.1, -0.05) is 12.6 Å². The Bertz CT molecular complexity index is 822. The maximum atomic E-state index is 13.5. The van der Waals surface area contributed by atoms with Gasteiger partial charge in [0.1, 0.15) is 11.6 Å². The lowest BCUT2D eigenvalue weighted by atomic mass is 9.49. The molecule has 0 amide bonds. The Morgan fingerprint density at radius 1 is 1.44 bits per heavy atom. The Morgan fingerprint density at radius 2 is 2.24 bits per heavy atom. The van der Waals surface area contributed by atoms with E-state index in [2.05, 4.69) is 6.58 Å². The molecule has 2 aliphatic heterocycles. The van der Waals surface area contributed by atoms with Crippen LogP contribution in [0.1, 0.15) is 30.4 Å². The van der Waals surface area contributed by atoms with Crippen LogP contribution in [-0.2, 0) is 16.6 Å². The van der Waals surface area contributed by atoms with E-state index in [4.69, 9.17) is 4.74 Å². The normalized spacial score (nSPS) is 43.4. The van der Waals surface area contributed by atoms with Gasteiger partial charge >= 0.3 is 0 Å². The summed E-state index contributed by atoms with van der Waals surface area (Å²) in [7, 11) is 0. The van der Waals surface area contributed by atoms with Crippen molar-refractivity contribution in [1.82, 2.24) is 0 Å². The molecule has 5 rings (SSSR count). The Kier molecular flexibility index (Phi) is 2.73. The van der Waals surface area contributed by atoms with Crippen LogP contribution in [0.5, 0.6) is 11.5 Å². The summed E-state index contributed by atoms with van der Waals surface area (Å²) >= 11 is 0. The highest BCUT2D eigenvalue weighted by Crippen LogP contribution is 2.65. The summed E-state index contributed by atoms with van der Waals surface area (Å²) in [5.74, 6) is 0.265. The van der Waals surface area contributed by atoms with Crippen LogP contribution in [0.2, 0.25) is 0 Å². The zero-order chi connectivity index (χ0) is 17.6. The van der Waals surface area contributed by atoms with Crippen LogP contribution in [0.3, 0.4) is 0 Å². The van der Waals surface area contributed by atoms with E-state index in [1.54, 1.807) is 18.2 Å². The van der Waals surface area contributed by atoms with Gasteiger partial charge in [-0.15, -0.1) is 0 Å². The smallest absolute Gasteiger partial charge is 0.174 e. The Balaban J connectivity index is 1.82. The van der Waals surface area contributed by atoms with Crippen molar-refractivity contribution < 1.29 is 24.4 Å². The largest absolute Gasteiger partial charge is 0.632 e. The van der Waals surface area contributed by atoms with Crippen molar-refractivity contribution in [3.8, 4) is 11.5 Å². The molecule has 5 atom stereocenters. The van der Waals surface area contributed by atoms with E-state index >= 15 is 0 Å². The summed E-state index contributed by atoms with van der Waals surface area (Å²) in [6, 6.07) is 2.80. The van der Waals surface area contributed by atoms with Crippen molar-refractivity contribution >= 4 is 5.78 Å². The van der Waals surface area contributed by atoms with E-state index in [0.29, 0.717) is 25.1 Å². The highest BCUT2D eigenvalue weighted by Gasteiger charge is 2.75. The van der Waals surface area contributed by atoms with Crippen molar-refractivity contribution in [2.24, 2.45) is 0 Å². The van der Waals surface area contributed by atoms with Gasteiger partial charge in [-0.2, -0.15) is 0 Å². The number of phenols is 1. The van der Waals surface area contributed by atoms with Crippen LogP contribution >= 0.6 is 0 Å². The molecule has 2 N–H and O–H groups in total. The average molecular weight is 343 g/mol. The average Bonchev–Trinajstić information content (AvgIpc) is 2.93. The van der Waals surface area contributed by atoms with Crippen LogP contribution in [0.25, 0.3) is 0 Å². The number of aliphatic hydroxyl groups is 1. The first-order chi connectivity index (χ1) is 11.9. The van der Waals surface area contributed by atoms with Gasteiger partial charge in [-0.25, -0.2) is 0 Å². The zero-order valence-corrected chi connectivity index (χ0v) is 13.9. The van der Waals surface area contributed by atoms with Gasteiger partial charge in [0, 0.05) is 24.8 Å². The van der Waals surface area contributed by atoms with E-state index in [1.165, 1.54) is 0 Å². The topological polar surface area (TPSA) is 89.8 Å². The fourth-order valence-corrected chi connectivity index (χ4v) is 6.02. The molecular weight excluding hydrogens is 322 g/mol. The molecule has 0 radical (unpaired) electrons. The van der Waals surface area contributed by atoms with Gasteiger partial charge in [0.05, 0.1) is 18.5 Å². The summed E-state index contributed by atoms with van der Waals surface area (Å²) < 4.78 is 5.41. The van der Waals surface area contributed by atoms with Crippen LogP contribution in [-0.4, -0.2) is 51.5 Å². The number of benzene rings is 1. The van der Waals surface area contributed by atoms with Gasteiger partial charge in [-0.05, 0) is 24.1 Å². The number of phenolic OH excluding ortho intramolecular Hbond substituents is 1. The number of hydrogen-bond donors (Lipinski definition) is 2. The standard InChI is InChI=1S/C19H21NO5/c1-2-8-20(24)9-7-18-15-11-3-4-12(21)16(15)25-17(18)13(22)5-6-19(18,23)14(20)10-11/h2-4,14,17,21,23H,1,5-10H2/t14-,17+,18+,19-,20-/m1/s1. The van der Waals surface area contributed by atoms with Crippen LogP contribution in [0.4, 0.5) is 0 Å². The lowest BCUT2D eigenvalue weighted by molar-refractivity contribution is -0.917. The highest BCUT2D eigenvalue weighted by molar-refractivity contribution is 5.90. The van der Waals surface area contributed by atoms with Crippen LogP contribution in [0.15, 0.2) is 24.8 Å². The van der Waals surface area contributed by atoms with Crippen molar-refractivity contribution in [1.29, 1.82) is 0 Å². The lowest BCUT2D eigenvalue weighted by Crippen LogP contribution is -2.80. The quantitative estimate of drug-likeness (QED) is 0.480. The zero-order valence-electron chi connectivity index (χ0n) is 13.9. The first-order valence-corrected chi connectivity index (χ1v) is 8.83. The number of quaternary nitrogens is 1. The summed E-state index contributed by atoms with van der Waals surface area (Å²) in [6.07, 6.45) is 2.05. The fourth-order valence-electron chi connectivity index (χ4n) is 6.02. The molecular formula is C19H21NO5. The van der Waals surface area contributed by atoms with E-state index < -0.39 is 27.8 Å². The van der Waals surface area contributed by atoms with Crippen molar-refractivity contribution in [2.75, 3.05) is 13.1 Å². The monoisotopic (exact) mass is 343 g/mol. The number of carbonyl (C=O) groups excluding carboxylic acids is 1. The molecule has 2 heterocycles. The summed E-state index contributed by atoms with van der Waals surface area (Å²) in [5, 5.41) is 35.6. The second-order valence-electron chi connectivity index (χ2n) is 7.92. The Labute approximate surface area is 145 Å². The van der Waals surface area contributed by atoms with E-state index in [0.717, 1.165) is 11.1 Å². The molecule has 1 aromatic carbocycles. The number of likely N-dealkylation sites (tertiary alicyclic amines) is 1. The minimum absolute atomic E-state index is 0.00401. The van der Waals surface area contributed by atoms with Gasteiger partial charge in [0.2, 0.25) is 0 Å². The lowest BCUT2D eigenvalue weighted by Gasteiger charge is -2.66. The molecule has 1 spiro atoms. The third kappa shape index (κ3) is 1.50. The number of piperidine rings is 1. The maximum Gasteiger partial charge on any atom is 0.174 e. The number of rotatable bonds is 2. The third-order valence-corrected chi connectivity index (χ3v) is 7.03. The summed E-state index contributed by atoms with van der Waals surface area (Å²) in [5.41, 5.74) is -0.557. The number of nitrogens with zero attached hydrogens (tertiary/aromatic N) is 1. The predicted octanol–water partition coefficient (Wildman–Crippen LogP) is 1.31. The second kappa shape index (κ2) is 4.44. The first-order valence-electron chi connectivity index (χ1n) is 8.83. The SMILES string of the molecule is C=CC[N@@+]1([O-])CC[C@]23c4c5ccc(O)c4O[C@H]2C(=O)CC[C@@]3(O)[C@H]1C5. The summed E-state index contributed by atoms with van der Waals surface area (Å²) in [4.78, 5) is 12.6. The molecule has 6 nitrogen and oxygen atoms in total. The molecule has 4 aliphatic rings. The van der Waals surface area contributed by atoms with Gasteiger partial charge in [0.15, 0.2) is 23.4 Å². The highest BCUT2D eigenvalue weighted by atomic mass is 16.6. The number of hydroxylamine groups is 3. The Hall–Kier alpha value is -1.89. The fraction of sp³-hybridized carbons (Fsp3) is 0.526. The van der Waals surface area contributed by atoms with Gasteiger partial charge < -0.3 is 24.8 Å². The molecule has 1 aromatic rings. The van der Waals surface area contributed by atoms with E-state index in [9.17, 15) is 20.2 Å². The predicted molar refractivity (Wildman–Crippen MR) is 89.1 cm³/mol. The number of aromatic hydroxyl groups is 1. The minimum atomic E-state index is -1.30. The second-order valence-corrected chi connectivity index (χ2v) is 7.92. The molecule has 2 fully saturated rings. The van der Waals surface area contributed by atoms with Crippen molar-refractivity contribution in [3.63, 3.8) is 0 Å². The molecule has 2 bridgehead atoms. The Morgan fingerprint density at radius 3 is 3.00 bits per heavy atom. The number of carbonyl (C=O) groups is 1. The number of ether oxygens (including phenoxy) is 1. The van der Waals surface area contributed by atoms with Gasteiger partial charge in [0.25, 0.3) is 0 Å². The molecule has 1 saturated carbocycles. The van der Waals surface area contributed by atoms with Crippen LogP contribution in [0, 0.1) is 5.21 Å². The number of Topliss-reactive ketones (excluding diaryl/α,β-unsaturated/α-hetero) is 1. The third-order valence-electron chi connectivity index (χ3n) is 7.03.